The van der Waals surface area contributed by atoms with Crippen molar-refractivity contribution in [2.75, 3.05) is 4.72 Å². The maximum absolute atomic E-state index is 12.1. The van der Waals surface area contributed by atoms with E-state index in [4.69, 9.17) is 11.6 Å². The first-order chi connectivity index (χ1) is 8.49. The minimum Gasteiger partial charge on any atom is -0.263 e. The van der Waals surface area contributed by atoms with Gasteiger partial charge in [0.25, 0.3) is 10.0 Å². The molecule has 5 nitrogen and oxygen atoms in total. The molecule has 0 aliphatic rings. The van der Waals surface area contributed by atoms with Gasteiger partial charge in [0.2, 0.25) is 0 Å². The fourth-order valence-electron chi connectivity index (χ4n) is 1.21. The fraction of sp³-hybridized carbons (Fsp3) is 0. The highest BCUT2D eigenvalue weighted by Gasteiger charge is 2.19. The number of hydrogen-bond acceptors (Lipinski definition) is 4. The van der Waals surface area contributed by atoms with Crippen LogP contribution in [0.4, 0.5) is 5.82 Å². The molecule has 0 spiro atoms. The number of nitrogens with one attached hydrogen (secondary N) is 1. The second-order valence-corrected chi connectivity index (χ2v) is 6.19. The van der Waals surface area contributed by atoms with Gasteiger partial charge in [-0.15, -0.1) is 0 Å². The molecule has 0 aliphatic heterocycles. The Morgan fingerprint density at radius 2 is 2.06 bits per heavy atom. The maximum atomic E-state index is 12.1. The molecule has 2 heterocycles. The van der Waals surface area contributed by atoms with Gasteiger partial charge in [0.1, 0.15) is 15.9 Å². The topological polar surface area (TPSA) is 72.0 Å². The van der Waals surface area contributed by atoms with E-state index in [1.807, 2.05) is 0 Å². The molecular weight excluding hydrogens is 342 g/mol. The molecule has 0 amide bonds. The monoisotopic (exact) mass is 347 g/mol. The zero-order valence-corrected chi connectivity index (χ0v) is 12.0. The third kappa shape index (κ3) is 2.98. The summed E-state index contributed by atoms with van der Waals surface area (Å²) < 4.78 is 27.0. The van der Waals surface area contributed by atoms with Crippen LogP contribution >= 0.6 is 27.5 Å². The standard InChI is InChI=1S/C10H7BrClN3O2S/c11-7-5-8(10(12)14-6-7)18(16,17)15-9-3-1-2-4-13-9/h1-6H,(H,13,15). The van der Waals surface area contributed by atoms with Crippen molar-refractivity contribution < 1.29 is 8.42 Å². The molecule has 8 heteroatoms. The Hall–Kier alpha value is -1.18. The normalized spacial score (nSPS) is 11.2. The second kappa shape index (κ2) is 5.21. The number of rotatable bonds is 3. The van der Waals surface area contributed by atoms with Gasteiger partial charge in [-0.3, -0.25) is 4.72 Å². The summed E-state index contributed by atoms with van der Waals surface area (Å²) in [6.45, 7) is 0. The van der Waals surface area contributed by atoms with Crippen molar-refractivity contribution in [1.29, 1.82) is 0 Å². The van der Waals surface area contributed by atoms with Gasteiger partial charge in [0.15, 0.2) is 0 Å². The highest BCUT2D eigenvalue weighted by molar-refractivity contribution is 9.10. The van der Waals surface area contributed by atoms with Crippen LogP contribution in [-0.4, -0.2) is 18.4 Å². The highest BCUT2D eigenvalue weighted by Crippen LogP contribution is 2.24. The number of hydrogen-bond donors (Lipinski definition) is 1. The van der Waals surface area contributed by atoms with Crippen molar-refractivity contribution in [3.63, 3.8) is 0 Å². The predicted octanol–water partition coefficient (Wildman–Crippen LogP) is 2.69. The average molecular weight is 349 g/mol. The average Bonchev–Trinajstić information content (AvgIpc) is 2.33. The number of pyridine rings is 2. The van der Waals surface area contributed by atoms with Crippen molar-refractivity contribution in [3.05, 3.63) is 46.3 Å². The number of nitrogens with zero attached hydrogens (tertiary/aromatic N) is 2. The molecule has 2 aromatic heterocycles. The van der Waals surface area contributed by atoms with Crippen molar-refractivity contribution in [3.8, 4) is 0 Å². The molecule has 0 saturated carbocycles. The van der Waals surface area contributed by atoms with E-state index >= 15 is 0 Å². The largest absolute Gasteiger partial charge is 0.266 e. The van der Waals surface area contributed by atoms with Crippen LogP contribution in [0.5, 0.6) is 0 Å². The molecule has 0 saturated heterocycles. The second-order valence-electron chi connectivity index (χ2n) is 3.26. The molecule has 2 rings (SSSR count). The molecule has 18 heavy (non-hydrogen) atoms. The molecule has 94 valence electrons. The van der Waals surface area contributed by atoms with E-state index in [0.717, 1.165) is 0 Å². The van der Waals surface area contributed by atoms with Gasteiger partial charge in [-0.2, -0.15) is 0 Å². The Morgan fingerprint density at radius 1 is 1.28 bits per heavy atom. The summed E-state index contributed by atoms with van der Waals surface area (Å²) in [5, 5.41) is -0.0957. The minimum atomic E-state index is -3.80. The molecule has 0 fully saturated rings. The predicted molar refractivity (Wildman–Crippen MR) is 72.0 cm³/mol. The number of anilines is 1. The van der Waals surface area contributed by atoms with Crippen LogP contribution in [0.15, 0.2) is 46.0 Å². The van der Waals surface area contributed by atoms with E-state index in [2.05, 4.69) is 30.6 Å². The fourth-order valence-corrected chi connectivity index (χ4v) is 3.16. The summed E-state index contributed by atoms with van der Waals surface area (Å²) in [7, 11) is -3.80. The molecule has 0 atom stereocenters. The Balaban J connectivity index is 2.40. The van der Waals surface area contributed by atoms with Crippen LogP contribution in [0.1, 0.15) is 0 Å². The van der Waals surface area contributed by atoms with Crippen LogP contribution < -0.4 is 4.72 Å². The van der Waals surface area contributed by atoms with Crippen molar-refractivity contribution >= 4 is 43.4 Å². The molecule has 1 N–H and O–H groups in total. The van der Waals surface area contributed by atoms with Crippen LogP contribution in [0.2, 0.25) is 5.15 Å². The quantitative estimate of drug-likeness (QED) is 0.866. The van der Waals surface area contributed by atoms with Gasteiger partial charge in [-0.05, 0) is 34.1 Å². The van der Waals surface area contributed by atoms with E-state index in [-0.39, 0.29) is 15.9 Å². The molecular formula is C10H7BrClN3O2S. The van der Waals surface area contributed by atoms with Gasteiger partial charge in [-0.25, -0.2) is 18.4 Å². The molecule has 0 unspecified atom stereocenters. The number of sulfonamides is 1. The molecule has 2 aromatic rings. The Morgan fingerprint density at radius 3 is 2.72 bits per heavy atom. The first-order valence-electron chi connectivity index (χ1n) is 4.74. The zero-order chi connectivity index (χ0) is 13.2. The Bertz CT molecular complexity index is 664. The van der Waals surface area contributed by atoms with Crippen LogP contribution in [0, 0.1) is 0 Å². The SMILES string of the molecule is O=S(=O)(Nc1ccccn1)c1cc(Br)cnc1Cl. The van der Waals surface area contributed by atoms with Crippen molar-refractivity contribution in [2.24, 2.45) is 0 Å². The molecule has 0 aromatic carbocycles. The molecule has 0 radical (unpaired) electrons. The van der Waals surface area contributed by atoms with E-state index in [9.17, 15) is 8.42 Å². The summed E-state index contributed by atoms with van der Waals surface area (Å²) in [5.74, 6) is 0.216. The maximum Gasteiger partial charge on any atom is 0.266 e. The van der Waals surface area contributed by atoms with Crippen LogP contribution in [0.3, 0.4) is 0 Å². The summed E-state index contributed by atoms with van der Waals surface area (Å²) in [6.07, 6.45) is 2.90. The van der Waals surface area contributed by atoms with E-state index in [1.54, 1.807) is 12.1 Å². The van der Waals surface area contributed by atoms with Crippen LogP contribution in [0.25, 0.3) is 0 Å². The zero-order valence-electron chi connectivity index (χ0n) is 8.84. The lowest BCUT2D eigenvalue weighted by Crippen LogP contribution is -2.14. The van der Waals surface area contributed by atoms with Gasteiger partial charge >= 0.3 is 0 Å². The van der Waals surface area contributed by atoms with Gasteiger partial charge in [0.05, 0.1) is 0 Å². The van der Waals surface area contributed by atoms with Gasteiger partial charge < -0.3 is 0 Å². The third-order valence-corrected chi connectivity index (χ3v) is 4.18. The van der Waals surface area contributed by atoms with Gasteiger partial charge in [0, 0.05) is 16.9 Å². The Kier molecular flexibility index (Phi) is 3.84. The molecule has 0 aliphatic carbocycles. The van der Waals surface area contributed by atoms with Crippen molar-refractivity contribution in [1.82, 2.24) is 9.97 Å². The minimum absolute atomic E-state index is 0.0957. The van der Waals surface area contributed by atoms with Crippen molar-refractivity contribution in [2.45, 2.75) is 4.90 Å². The third-order valence-electron chi connectivity index (χ3n) is 1.97. The highest BCUT2D eigenvalue weighted by atomic mass is 79.9. The van der Waals surface area contributed by atoms with Crippen LogP contribution in [-0.2, 0) is 10.0 Å². The summed E-state index contributed by atoms with van der Waals surface area (Å²) in [5.41, 5.74) is 0. The molecule has 0 bridgehead atoms. The van der Waals surface area contributed by atoms with Gasteiger partial charge in [-0.1, -0.05) is 17.7 Å². The Labute approximate surface area is 117 Å². The summed E-state index contributed by atoms with van der Waals surface area (Å²) in [4.78, 5) is 7.53. The van der Waals surface area contributed by atoms with E-state index in [1.165, 1.54) is 24.5 Å². The first-order valence-corrected chi connectivity index (χ1v) is 7.39. The summed E-state index contributed by atoms with van der Waals surface area (Å²) in [6, 6.07) is 6.27. The number of aromatic nitrogens is 2. The lowest BCUT2D eigenvalue weighted by atomic mass is 10.5. The van der Waals surface area contributed by atoms with E-state index < -0.39 is 10.0 Å². The summed E-state index contributed by atoms with van der Waals surface area (Å²) >= 11 is 8.92. The lowest BCUT2D eigenvalue weighted by molar-refractivity contribution is 0.600. The first kappa shape index (κ1) is 13.3. The van der Waals surface area contributed by atoms with E-state index in [0.29, 0.717) is 4.47 Å². The lowest BCUT2D eigenvalue weighted by Gasteiger charge is -2.08. The number of halogens is 2. The smallest absolute Gasteiger partial charge is 0.263 e.